The highest BCUT2D eigenvalue weighted by molar-refractivity contribution is 8.87. The van der Waals surface area contributed by atoms with Gasteiger partial charge in [0.15, 0.2) is 4.88 Å². The fourth-order valence-corrected chi connectivity index (χ4v) is 5.74. The second kappa shape index (κ2) is 9.56. The molecule has 0 spiro atoms. The van der Waals surface area contributed by atoms with Gasteiger partial charge in [0.2, 0.25) is 0 Å². The van der Waals surface area contributed by atoms with E-state index in [0.717, 1.165) is 11.3 Å². The number of nitrogens with zero attached hydrogens (tertiary/aromatic N) is 2. The van der Waals surface area contributed by atoms with Gasteiger partial charge in [0.1, 0.15) is 29.4 Å². The zero-order valence-corrected chi connectivity index (χ0v) is 15.1. The van der Waals surface area contributed by atoms with Gasteiger partial charge >= 0.3 is 5.77 Å². The van der Waals surface area contributed by atoms with Crippen LogP contribution in [0.25, 0.3) is 0 Å². The molecule has 118 valence electrons. The molecule has 0 amide bonds. The van der Waals surface area contributed by atoms with Crippen molar-refractivity contribution < 1.29 is 22.2 Å². The van der Waals surface area contributed by atoms with Gasteiger partial charge in [-0.1, -0.05) is 11.3 Å². The van der Waals surface area contributed by atoms with Crippen LogP contribution in [0.3, 0.4) is 0 Å². The molecule has 0 atom stereocenters. The average molecular weight is 370 g/mol. The van der Waals surface area contributed by atoms with Crippen molar-refractivity contribution in [3.8, 4) is 17.1 Å². The van der Waals surface area contributed by atoms with Crippen molar-refractivity contribution in [2.75, 3.05) is 19.8 Å². The SMILES string of the molecule is CCOSP(=O)(Oc1nc(OCC)sc1C#N)SOCC. The highest BCUT2D eigenvalue weighted by Gasteiger charge is 2.33. The third kappa shape index (κ3) is 6.06. The van der Waals surface area contributed by atoms with E-state index in [9.17, 15) is 4.57 Å². The van der Waals surface area contributed by atoms with Crippen LogP contribution in [0.15, 0.2) is 0 Å². The molecule has 0 fully saturated rings. The molecule has 0 bridgehead atoms. The second-order valence-corrected chi connectivity index (χ2v) is 10.4. The Balaban J connectivity index is 2.91. The van der Waals surface area contributed by atoms with Gasteiger partial charge in [0.05, 0.1) is 19.8 Å². The van der Waals surface area contributed by atoms with E-state index in [1.165, 1.54) is 0 Å². The first-order valence-electron chi connectivity index (χ1n) is 6.04. The third-order valence-corrected chi connectivity index (χ3v) is 7.24. The first-order chi connectivity index (χ1) is 10.1. The number of ether oxygens (including phenoxy) is 1. The van der Waals surface area contributed by atoms with Gasteiger partial charge in [-0.15, -0.1) is 0 Å². The van der Waals surface area contributed by atoms with Gasteiger partial charge in [0.25, 0.3) is 11.1 Å². The molecule has 1 rings (SSSR count). The predicted octanol–water partition coefficient (Wildman–Crippen LogP) is 4.27. The highest BCUT2D eigenvalue weighted by atomic mass is 33.1. The highest BCUT2D eigenvalue weighted by Crippen LogP contribution is 2.70. The van der Waals surface area contributed by atoms with E-state index in [2.05, 4.69) is 4.98 Å². The lowest BCUT2D eigenvalue weighted by Crippen LogP contribution is -1.93. The smallest absolute Gasteiger partial charge is 0.413 e. The number of aromatic nitrogens is 1. The molecule has 1 heterocycles. The lowest BCUT2D eigenvalue weighted by atomic mass is 10.6. The molecular formula is C10H15N2O5PS3. The Labute approximate surface area is 135 Å². The lowest BCUT2D eigenvalue weighted by Gasteiger charge is -2.14. The monoisotopic (exact) mass is 370 g/mol. The summed E-state index contributed by atoms with van der Waals surface area (Å²) in [5.74, 6) is -3.43. The van der Waals surface area contributed by atoms with E-state index in [0.29, 0.717) is 48.3 Å². The summed E-state index contributed by atoms with van der Waals surface area (Å²) in [6.45, 7) is 6.46. The van der Waals surface area contributed by atoms with Gasteiger partial charge in [-0.05, 0) is 20.8 Å². The summed E-state index contributed by atoms with van der Waals surface area (Å²) in [5, 5.41) is 9.36. The first-order valence-corrected chi connectivity index (χ1v) is 11.2. The maximum absolute atomic E-state index is 12.6. The van der Waals surface area contributed by atoms with Gasteiger partial charge in [0, 0.05) is 0 Å². The normalized spacial score (nSPS) is 11.1. The molecule has 0 saturated heterocycles. The lowest BCUT2D eigenvalue weighted by molar-refractivity contribution is 0.335. The number of hydrogen-bond donors (Lipinski definition) is 0. The van der Waals surface area contributed by atoms with Crippen molar-refractivity contribution in [1.82, 2.24) is 4.98 Å². The van der Waals surface area contributed by atoms with E-state index >= 15 is 0 Å². The van der Waals surface area contributed by atoms with Gasteiger partial charge < -0.3 is 17.6 Å². The molecule has 0 radical (unpaired) electrons. The molecule has 0 saturated carbocycles. The molecular weight excluding hydrogens is 355 g/mol. The topological polar surface area (TPSA) is 90.7 Å². The van der Waals surface area contributed by atoms with Gasteiger partial charge in [-0.2, -0.15) is 10.2 Å². The third-order valence-electron chi connectivity index (χ3n) is 1.67. The Hall–Kier alpha value is -0.430. The molecule has 0 aliphatic carbocycles. The zero-order valence-electron chi connectivity index (χ0n) is 11.7. The maximum atomic E-state index is 12.6. The summed E-state index contributed by atoms with van der Waals surface area (Å²) < 4.78 is 33.4. The zero-order chi connectivity index (χ0) is 15.7. The Bertz CT molecular complexity index is 521. The molecule has 11 heteroatoms. The van der Waals surface area contributed by atoms with Crippen LogP contribution in [-0.4, -0.2) is 24.8 Å². The number of hydrogen-bond acceptors (Lipinski definition) is 10. The fraction of sp³-hybridized carbons (Fsp3) is 0.600. The van der Waals surface area contributed by atoms with Crippen molar-refractivity contribution in [3.63, 3.8) is 0 Å². The van der Waals surface area contributed by atoms with Crippen LogP contribution in [-0.2, 0) is 12.9 Å². The molecule has 1 aromatic rings. The minimum atomic E-state index is -3.39. The van der Waals surface area contributed by atoms with Gasteiger partial charge in [-0.25, -0.2) is 4.57 Å². The average Bonchev–Trinajstić information content (AvgIpc) is 2.85. The molecule has 0 unspecified atom stereocenters. The summed E-state index contributed by atoms with van der Waals surface area (Å²) in [4.78, 5) is 4.20. The maximum Gasteiger partial charge on any atom is 0.413 e. The quantitative estimate of drug-likeness (QED) is 0.442. The summed E-state index contributed by atoms with van der Waals surface area (Å²) >= 11 is 2.40. The van der Waals surface area contributed by atoms with Crippen LogP contribution in [0.5, 0.6) is 11.1 Å². The standard InChI is InChI=1S/C10H15N2O5PS3/c1-4-14-10-12-9(8(7-11)19-10)17-18(13,20-15-5-2)21-16-6-3/h4-6H2,1-3H3. The Kier molecular flexibility index (Phi) is 8.48. The van der Waals surface area contributed by atoms with Crippen LogP contribution in [0, 0.1) is 11.3 Å². The molecule has 0 aromatic carbocycles. The molecule has 7 nitrogen and oxygen atoms in total. The van der Waals surface area contributed by atoms with Crippen molar-refractivity contribution in [2.24, 2.45) is 0 Å². The van der Waals surface area contributed by atoms with E-state index in [1.54, 1.807) is 20.8 Å². The van der Waals surface area contributed by atoms with Crippen molar-refractivity contribution in [2.45, 2.75) is 20.8 Å². The van der Waals surface area contributed by atoms with Crippen LogP contribution in [0.4, 0.5) is 0 Å². The Morgan fingerprint density at radius 3 is 2.33 bits per heavy atom. The van der Waals surface area contributed by atoms with E-state index in [-0.39, 0.29) is 10.8 Å². The largest absolute Gasteiger partial charge is 0.470 e. The fourth-order valence-electron chi connectivity index (χ4n) is 0.988. The van der Waals surface area contributed by atoms with Crippen LogP contribution >= 0.6 is 40.4 Å². The predicted molar refractivity (Wildman–Crippen MR) is 84.7 cm³/mol. The Morgan fingerprint density at radius 2 is 1.86 bits per heavy atom. The van der Waals surface area contributed by atoms with Crippen molar-refractivity contribution >= 4 is 40.4 Å². The summed E-state index contributed by atoms with van der Waals surface area (Å²) in [6.07, 6.45) is 0. The van der Waals surface area contributed by atoms with E-state index in [4.69, 9.17) is 22.9 Å². The number of rotatable bonds is 10. The molecule has 0 aliphatic rings. The van der Waals surface area contributed by atoms with Crippen LogP contribution in [0.2, 0.25) is 0 Å². The number of nitriles is 1. The summed E-state index contributed by atoms with van der Waals surface area (Å²) in [5.41, 5.74) is 0. The van der Waals surface area contributed by atoms with Crippen molar-refractivity contribution in [1.29, 1.82) is 5.26 Å². The van der Waals surface area contributed by atoms with Crippen LogP contribution < -0.4 is 9.26 Å². The van der Waals surface area contributed by atoms with Crippen molar-refractivity contribution in [3.05, 3.63) is 4.88 Å². The molecule has 0 N–H and O–H groups in total. The Morgan fingerprint density at radius 1 is 1.24 bits per heavy atom. The summed E-state index contributed by atoms with van der Waals surface area (Å²) in [6, 6.07) is 1.94. The first kappa shape index (κ1) is 18.6. The molecule has 1 aromatic heterocycles. The minimum absolute atomic E-state index is 0.0336. The van der Waals surface area contributed by atoms with E-state index in [1.807, 2.05) is 6.07 Å². The molecule has 21 heavy (non-hydrogen) atoms. The van der Waals surface area contributed by atoms with Gasteiger partial charge in [-0.3, -0.25) is 0 Å². The second-order valence-electron chi connectivity index (χ2n) is 3.16. The van der Waals surface area contributed by atoms with Crippen LogP contribution in [0.1, 0.15) is 25.6 Å². The summed E-state index contributed by atoms with van der Waals surface area (Å²) in [7, 11) is 0. The molecule has 0 aliphatic heterocycles. The minimum Gasteiger partial charge on any atom is -0.470 e. The van der Waals surface area contributed by atoms with E-state index < -0.39 is 5.77 Å². The number of thiazole rings is 1.